The van der Waals surface area contributed by atoms with Crippen molar-refractivity contribution >= 4 is 5.95 Å². The summed E-state index contributed by atoms with van der Waals surface area (Å²) in [5.74, 6) is 0.943. The predicted octanol–water partition coefficient (Wildman–Crippen LogP) is 0.324. The van der Waals surface area contributed by atoms with Crippen LogP contribution in [0.5, 0.6) is 0 Å². The minimum Gasteiger partial charge on any atom is -0.378 e. The Morgan fingerprint density at radius 1 is 1.82 bits per heavy atom. The number of nitrogens with zero attached hydrogens (tertiary/aromatic N) is 2. The largest absolute Gasteiger partial charge is 0.378 e. The lowest BCUT2D eigenvalue weighted by atomic mass is 10.3. The molecule has 0 aromatic carbocycles. The van der Waals surface area contributed by atoms with Gasteiger partial charge in [-0.15, -0.1) is 0 Å². The van der Waals surface area contributed by atoms with E-state index in [2.05, 4.69) is 14.9 Å². The molecule has 0 fully saturated rings. The summed E-state index contributed by atoms with van der Waals surface area (Å²) in [6.07, 6.45) is 4.02. The van der Waals surface area contributed by atoms with Crippen LogP contribution >= 0.6 is 0 Å². The van der Waals surface area contributed by atoms with Crippen LogP contribution in [0.1, 0.15) is 0 Å². The molecule has 1 N–H and O–H groups in total. The molecular formula is C7H11N3O. The molecule has 0 aliphatic carbocycles. The van der Waals surface area contributed by atoms with E-state index in [0.717, 1.165) is 19.0 Å². The van der Waals surface area contributed by atoms with Crippen LogP contribution in [0.4, 0.5) is 5.95 Å². The second kappa shape index (κ2) is 2.54. The molecule has 1 aromatic rings. The topological polar surface area (TPSA) is 39.1 Å². The number of hydrogen-bond donors (Lipinski definition) is 1. The number of rotatable bonds is 1. The molecule has 60 valence electrons. The van der Waals surface area contributed by atoms with Gasteiger partial charge >= 0.3 is 0 Å². The van der Waals surface area contributed by atoms with Crippen LogP contribution in [-0.2, 0) is 11.3 Å². The van der Waals surface area contributed by atoms with E-state index in [-0.39, 0.29) is 6.10 Å². The highest BCUT2D eigenvalue weighted by Crippen LogP contribution is 2.11. The first kappa shape index (κ1) is 6.67. The summed E-state index contributed by atoms with van der Waals surface area (Å²) in [7, 11) is 1.73. The average molecular weight is 153 g/mol. The standard InChI is InChI=1S/C7H11N3O/c1-11-6-4-9-7-8-2-3-10(7)5-6/h2-3,6H,4-5H2,1H3,(H,8,9). The van der Waals surface area contributed by atoms with Crippen molar-refractivity contribution in [2.24, 2.45) is 0 Å². The lowest BCUT2D eigenvalue weighted by molar-refractivity contribution is 0.0932. The van der Waals surface area contributed by atoms with Gasteiger partial charge in [0.1, 0.15) is 0 Å². The van der Waals surface area contributed by atoms with Crippen LogP contribution in [0, 0.1) is 0 Å². The highest BCUT2D eigenvalue weighted by molar-refractivity contribution is 5.28. The zero-order chi connectivity index (χ0) is 7.68. The van der Waals surface area contributed by atoms with Gasteiger partial charge in [-0.1, -0.05) is 0 Å². The van der Waals surface area contributed by atoms with Crippen molar-refractivity contribution in [1.82, 2.24) is 9.55 Å². The molecule has 1 aromatic heterocycles. The van der Waals surface area contributed by atoms with E-state index in [0.29, 0.717) is 0 Å². The monoisotopic (exact) mass is 153 g/mol. The Labute approximate surface area is 65.2 Å². The second-order valence-corrected chi connectivity index (χ2v) is 2.64. The predicted molar refractivity (Wildman–Crippen MR) is 41.5 cm³/mol. The molecule has 4 heteroatoms. The van der Waals surface area contributed by atoms with E-state index >= 15 is 0 Å². The zero-order valence-electron chi connectivity index (χ0n) is 6.45. The maximum absolute atomic E-state index is 5.21. The van der Waals surface area contributed by atoms with Gasteiger partial charge in [0.25, 0.3) is 0 Å². The Bertz CT molecular complexity index is 246. The molecule has 0 spiro atoms. The van der Waals surface area contributed by atoms with E-state index in [9.17, 15) is 0 Å². The highest BCUT2D eigenvalue weighted by Gasteiger charge is 2.16. The van der Waals surface area contributed by atoms with Gasteiger partial charge in [0.15, 0.2) is 0 Å². The maximum Gasteiger partial charge on any atom is 0.202 e. The van der Waals surface area contributed by atoms with Crippen molar-refractivity contribution in [3.63, 3.8) is 0 Å². The van der Waals surface area contributed by atoms with Crippen molar-refractivity contribution < 1.29 is 4.74 Å². The molecule has 0 saturated heterocycles. The lowest BCUT2D eigenvalue weighted by Gasteiger charge is -2.23. The van der Waals surface area contributed by atoms with Crippen molar-refractivity contribution in [3.8, 4) is 0 Å². The van der Waals surface area contributed by atoms with Gasteiger partial charge in [-0.05, 0) is 0 Å². The molecule has 2 heterocycles. The molecular weight excluding hydrogens is 142 g/mol. The number of anilines is 1. The lowest BCUT2D eigenvalue weighted by Crippen LogP contribution is -2.32. The van der Waals surface area contributed by atoms with Gasteiger partial charge in [-0.3, -0.25) is 0 Å². The summed E-state index contributed by atoms with van der Waals surface area (Å²) in [5, 5.41) is 3.17. The first-order valence-electron chi connectivity index (χ1n) is 3.68. The van der Waals surface area contributed by atoms with Crippen molar-refractivity contribution in [1.29, 1.82) is 0 Å². The van der Waals surface area contributed by atoms with Gasteiger partial charge in [0, 0.05) is 26.0 Å². The van der Waals surface area contributed by atoms with Crippen molar-refractivity contribution in [3.05, 3.63) is 12.4 Å². The van der Waals surface area contributed by atoms with Gasteiger partial charge in [0.2, 0.25) is 5.95 Å². The SMILES string of the molecule is COC1CNc2nccn2C1. The van der Waals surface area contributed by atoms with Gasteiger partial charge in [-0.2, -0.15) is 0 Å². The molecule has 4 nitrogen and oxygen atoms in total. The Kier molecular flexibility index (Phi) is 1.54. The number of imidazole rings is 1. The molecule has 2 rings (SSSR count). The van der Waals surface area contributed by atoms with E-state index < -0.39 is 0 Å². The number of ether oxygens (including phenoxy) is 1. The molecule has 1 atom stereocenters. The summed E-state index contributed by atoms with van der Waals surface area (Å²) >= 11 is 0. The van der Waals surface area contributed by atoms with Gasteiger partial charge in [0.05, 0.1) is 12.6 Å². The number of fused-ring (bicyclic) bond motifs is 1. The number of methoxy groups -OCH3 is 1. The Morgan fingerprint density at radius 2 is 2.73 bits per heavy atom. The maximum atomic E-state index is 5.21. The van der Waals surface area contributed by atoms with Gasteiger partial charge in [-0.25, -0.2) is 4.98 Å². The number of aromatic nitrogens is 2. The average Bonchev–Trinajstić information content (AvgIpc) is 2.50. The summed E-state index contributed by atoms with van der Waals surface area (Å²) in [5.41, 5.74) is 0. The van der Waals surface area contributed by atoms with Crippen LogP contribution < -0.4 is 5.32 Å². The summed E-state index contributed by atoms with van der Waals surface area (Å²) in [4.78, 5) is 4.12. The number of hydrogen-bond acceptors (Lipinski definition) is 3. The molecule has 11 heavy (non-hydrogen) atoms. The van der Waals surface area contributed by atoms with Crippen LogP contribution in [0.15, 0.2) is 12.4 Å². The Hall–Kier alpha value is -1.03. The molecule has 1 aliphatic rings. The molecule has 1 aliphatic heterocycles. The first-order valence-corrected chi connectivity index (χ1v) is 3.68. The second-order valence-electron chi connectivity index (χ2n) is 2.64. The minimum absolute atomic E-state index is 0.275. The fourth-order valence-corrected chi connectivity index (χ4v) is 1.27. The fraction of sp³-hybridized carbons (Fsp3) is 0.571. The summed E-state index contributed by atoms with van der Waals surface area (Å²) in [6, 6.07) is 0. The summed E-state index contributed by atoms with van der Waals surface area (Å²) in [6.45, 7) is 1.76. The molecule has 0 saturated carbocycles. The molecule has 0 amide bonds. The normalized spacial score (nSPS) is 22.5. The Balaban J connectivity index is 2.18. The first-order chi connectivity index (χ1) is 5.40. The fourth-order valence-electron chi connectivity index (χ4n) is 1.27. The van der Waals surface area contributed by atoms with Crippen LogP contribution in [0.2, 0.25) is 0 Å². The van der Waals surface area contributed by atoms with Gasteiger partial charge < -0.3 is 14.6 Å². The van der Waals surface area contributed by atoms with Crippen LogP contribution in [0.3, 0.4) is 0 Å². The minimum atomic E-state index is 0.275. The number of nitrogens with one attached hydrogen (secondary N) is 1. The van der Waals surface area contributed by atoms with E-state index in [1.807, 2.05) is 6.20 Å². The smallest absolute Gasteiger partial charge is 0.202 e. The molecule has 0 bridgehead atoms. The third kappa shape index (κ3) is 1.09. The van der Waals surface area contributed by atoms with E-state index in [1.165, 1.54) is 0 Å². The van der Waals surface area contributed by atoms with Crippen LogP contribution in [-0.4, -0.2) is 29.3 Å². The Morgan fingerprint density at radius 3 is 3.55 bits per heavy atom. The van der Waals surface area contributed by atoms with Crippen molar-refractivity contribution in [2.45, 2.75) is 12.6 Å². The van der Waals surface area contributed by atoms with Crippen molar-refractivity contribution in [2.75, 3.05) is 19.0 Å². The summed E-state index contributed by atoms with van der Waals surface area (Å²) < 4.78 is 7.26. The third-order valence-corrected chi connectivity index (χ3v) is 1.94. The molecule has 0 radical (unpaired) electrons. The third-order valence-electron chi connectivity index (χ3n) is 1.94. The van der Waals surface area contributed by atoms with Crippen LogP contribution in [0.25, 0.3) is 0 Å². The quantitative estimate of drug-likeness (QED) is 0.631. The van der Waals surface area contributed by atoms with E-state index in [1.54, 1.807) is 13.3 Å². The van der Waals surface area contributed by atoms with E-state index in [4.69, 9.17) is 4.74 Å². The molecule has 1 unspecified atom stereocenters. The zero-order valence-corrected chi connectivity index (χ0v) is 6.45. The highest BCUT2D eigenvalue weighted by atomic mass is 16.5.